The summed E-state index contributed by atoms with van der Waals surface area (Å²) in [4.78, 5) is 22.6. The highest BCUT2D eigenvalue weighted by atomic mass is 16.6. The third kappa shape index (κ3) is 3.72. The molecule has 0 aliphatic rings. The highest BCUT2D eigenvalue weighted by molar-refractivity contribution is 5.96. The second-order valence-electron chi connectivity index (χ2n) is 5.13. The van der Waals surface area contributed by atoms with Crippen LogP contribution in [0.5, 0.6) is 0 Å². The smallest absolute Gasteiger partial charge is 0.322 e. The number of nitrogens with one attached hydrogen (secondary N) is 1. The lowest BCUT2D eigenvalue weighted by Gasteiger charge is -2.11. The van der Waals surface area contributed by atoms with Crippen LogP contribution in [0, 0.1) is 17.0 Å². The van der Waals surface area contributed by atoms with Gasteiger partial charge in [-0.3, -0.25) is 19.6 Å². The maximum absolute atomic E-state index is 12.2. The Kier molecular flexibility index (Phi) is 5.07. The Bertz CT molecular complexity index is 712. The number of carbonyl (C=O) groups excluding carboxylic acids is 1. The molecule has 23 heavy (non-hydrogen) atoms. The minimum atomic E-state index is -0.709. The number of aromatic nitrogens is 2. The SMILES string of the molecule is Cc1nn(C)c(C(=O)NCCC(O)c2ccccc2)c1[N+](=O)[O-]. The number of nitro groups is 1. The van der Waals surface area contributed by atoms with Crippen LogP contribution in [0.25, 0.3) is 0 Å². The van der Waals surface area contributed by atoms with Crippen LogP contribution in [0.2, 0.25) is 0 Å². The van der Waals surface area contributed by atoms with Gasteiger partial charge in [-0.15, -0.1) is 0 Å². The fraction of sp³-hybridized carbons (Fsp3) is 0.333. The van der Waals surface area contributed by atoms with Crippen molar-refractivity contribution >= 4 is 11.6 Å². The standard InChI is InChI=1S/C15H18N4O4/c1-10-13(19(22)23)14(18(2)17-10)15(21)16-9-8-12(20)11-6-4-3-5-7-11/h3-7,12,20H,8-9H2,1-2H3,(H,16,21). The van der Waals surface area contributed by atoms with Crippen LogP contribution in [0.15, 0.2) is 30.3 Å². The van der Waals surface area contributed by atoms with Crippen molar-refractivity contribution in [2.24, 2.45) is 7.05 Å². The van der Waals surface area contributed by atoms with Crippen LogP contribution < -0.4 is 5.32 Å². The Morgan fingerprint density at radius 1 is 1.43 bits per heavy atom. The van der Waals surface area contributed by atoms with Crippen LogP contribution in [-0.2, 0) is 7.05 Å². The van der Waals surface area contributed by atoms with Gasteiger partial charge in [-0.25, -0.2) is 0 Å². The summed E-state index contributed by atoms with van der Waals surface area (Å²) < 4.78 is 1.19. The van der Waals surface area contributed by atoms with E-state index in [0.717, 1.165) is 5.56 Å². The number of hydrogen-bond donors (Lipinski definition) is 2. The molecule has 122 valence electrons. The first-order chi connectivity index (χ1) is 10.9. The first kappa shape index (κ1) is 16.6. The Morgan fingerprint density at radius 2 is 2.09 bits per heavy atom. The average Bonchev–Trinajstić information content (AvgIpc) is 2.82. The molecule has 1 aromatic carbocycles. The Labute approximate surface area is 132 Å². The van der Waals surface area contributed by atoms with E-state index in [-0.39, 0.29) is 23.6 Å². The third-order valence-corrected chi connectivity index (χ3v) is 3.48. The number of rotatable bonds is 6. The van der Waals surface area contributed by atoms with Crippen LogP contribution in [-0.4, -0.2) is 32.3 Å². The molecule has 8 nitrogen and oxygen atoms in total. The van der Waals surface area contributed by atoms with Gasteiger partial charge in [0.25, 0.3) is 5.91 Å². The van der Waals surface area contributed by atoms with Crippen LogP contribution in [0.3, 0.4) is 0 Å². The van der Waals surface area contributed by atoms with E-state index >= 15 is 0 Å². The highest BCUT2D eigenvalue weighted by Crippen LogP contribution is 2.22. The maximum atomic E-state index is 12.2. The first-order valence-electron chi connectivity index (χ1n) is 7.11. The molecule has 0 aliphatic carbocycles. The van der Waals surface area contributed by atoms with E-state index in [1.54, 1.807) is 12.1 Å². The van der Waals surface area contributed by atoms with Crippen LogP contribution in [0.4, 0.5) is 5.69 Å². The molecule has 0 aliphatic heterocycles. The highest BCUT2D eigenvalue weighted by Gasteiger charge is 2.29. The zero-order valence-electron chi connectivity index (χ0n) is 12.9. The van der Waals surface area contributed by atoms with Gasteiger partial charge < -0.3 is 10.4 Å². The lowest BCUT2D eigenvalue weighted by Crippen LogP contribution is -2.28. The fourth-order valence-electron chi connectivity index (χ4n) is 2.37. The maximum Gasteiger partial charge on any atom is 0.322 e. The van der Waals surface area contributed by atoms with Gasteiger partial charge in [0.2, 0.25) is 5.69 Å². The van der Waals surface area contributed by atoms with Gasteiger partial charge in [-0.05, 0) is 18.9 Å². The Hall–Kier alpha value is -2.74. The van der Waals surface area contributed by atoms with E-state index < -0.39 is 16.9 Å². The third-order valence-electron chi connectivity index (χ3n) is 3.48. The van der Waals surface area contributed by atoms with Crippen molar-refractivity contribution in [2.75, 3.05) is 6.54 Å². The molecule has 8 heteroatoms. The summed E-state index contributed by atoms with van der Waals surface area (Å²) in [5, 5.41) is 27.6. The molecule has 1 aromatic heterocycles. The van der Waals surface area contributed by atoms with E-state index in [1.807, 2.05) is 18.2 Å². The lowest BCUT2D eigenvalue weighted by molar-refractivity contribution is -0.385. The van der Waals surface area contributed by atoms with E-state index in [0.29, 0.717) is 6.42 Å². The second-order valence-corrected chi connectivity index (χ2v) is 5.13. The van der Waals surface area contributed by atoms with Crippen molar-refractivity contribution in [1.82, 2.24) is 15.1 Å². The summed E-state index contributed by atoms with van der Waals surface area (Å²) in [6, 6.07) is 9.07. The van der Waals surface area contributed by atoms with Gasteiger partial charge in [0.1, 0.15) is 5.69 Å². The average molecular weight is 318 g/mol. The summed E-state index contributed by atoms with van der Waals surface area (Å²) >= 11 is 0. The molecule has 1 atom stereocenters. The molecule has 2 N–H and O–H groups in total. The quantitative estimate of drug-likeness (QED) is 0.619. The molecule has 0 spiro atoms. The number of carbonyl (C=O) groups is 1. The van der Waals surface area contributed by atoms with E-state index in [1.165, 1.54) is 18.7 Å². The second kappa shape index (κ2) is 7.01. The fourth-order valence-corrected chi connectivity index (χ4v) is 2.37. The first-order valence-corrected chi connectivity index (χ1v) is 7.11. The van der Waals surface area contributed by atoms with Crippen molar-refractivity contribution in [3.8, 4) is 0 Å². The lowest BCUT2D eigenvalue weighted by atomic mass is 10.1. The Morgan fingerprint density at radius 3 is 2.70 bits per heavy atom. The topological polar surface area (TPSA) is 110 Å². The Balaban J connectivity index is 2.00. The predicted octanol–water partition coefficient (Wildman–Crippen LogP) is 1.49. The zero-order valence-corrected chi connectivity index (χ0v) is 12.9. The zero-order chi connectivity index (χ0) is 17.0. The van der Waals surface area contributed by atoms with Gasteiger partial charge in [-0.2, -0.15) is 5.10 Å². The van der Waals surface area contributed by atoms with E-state index in [4.69, 9.17) is 0 Å². The van der Waals surface area contributed by atoms with Crippen molar-refractivity contribution in [3.63, 3.8) is 0 Å². The van der Waals surface area contributed by atoms with Crippen molar-refractivity contribution in [1.29, 1.82) is 0 Å². The van der Waals surface area contributed by atoms with E-state index in [9.17, 15) is 20.0 Å². The molecule has 0 bridgehead atoms. The molecule has 1 amide bonds. The van der Waals surface area contributed by atoms with Gasteiger partial charge in [-0.1, -0.05) is 30.3 Å². The molecule has 1 heterocycles. The molecule has 1 unspecified atom stereocenters. The number of hydrogen-bond acceptors (Lipinski definition) is 5. The van der Waals surface area contributed by atoms with Crippen LogP contribution in [0.1, 0.15) is 34.3 Å². The predicted molar refractivity (Wildman–Crippen MR) is 83.0 cm³/mol. The molecule has 2 aromatic rings. The minimum Gasteiger partial charge on any atom is -0.388 e. The number of amides is 1. The van der Waals surface area contributed by atoms with Crippen LogP contribution >= 0.6 is 0 Å². The summed E-state index contributed by atoms with van der Waals surface area (Å²) in [6.07, 6.45) is -0.403. The van der Waals surface area contributed by atoms with Gasteiger partial charge >= 0.3 is 5.69 Å². The summed E-state index contributed by atoms with van der Waals surface area (Å²) in [5.41, 5.74) is 0.548. The molecule has 0 saturated heterocycles. The van der Waals surface area contributed by atoms with Crippen molar-refractivity contribution in [2.45, 2.75) is 19.4 Å². The largest absolute Gasteiger partial charge is 0.388 e. The number of benzene rings is 1. The minimum absolute atomic E-state index is 0.0956. The van der Waals surface area contributed by atoms with Gasteiger partial charge in [0, 0.05) is 13.6 Å². The number of nitrogens with zero attached hydrogens (tertiary/aromatic N) is 3. The monoisotopic (exact) mass is 318 g/mol. The van der Waals surface area contributed by atoms with E-state index in [2.05, 4.69) is 10.4 Å². The number of aliphatic hydroxyl groups is 1. The molecular formula is C15H18N4O4. The summed E-state index contributed by atoms with van der Waals surface area (Å²) in [6.45, 7) is 1.67. The molecule has 0 fully saturated rings. The molecule has 2 rings (SSSR count). The molecular weight excluding hydrogens is 300 g/mol. The number of aryl methyl sites for hydroxylation is 2. The van der Waals surface area contributed by atoms with Gasteiger partial charge in [0.05, 0.1) is 11.0 Å². The van der Waals surface area contributed by atoms with Gasteiger partial charge in [0.15, 0.2) is 0 Å². The normalized spacial score (nSPS) is 12.0. The summed E-state index contributed by atoms with van der Waals surface area (Å²) in [5.74, 6) is -0.583. The van der Waals surface area contributed by atoms with Crippen molar-refractivity contribution in [3.05, 3.63) is 57.4 Å². The molecule has 0 radical (unpaired) electrons. The number of aliphatic hydroxyl groups excluding tert-OH is 1. The molecule has 0 saturated carbocycles. The van der Waals surface area contributed by atoms with Crippen molar-refractivity contribution < 1.29 is 14.8 Å². The summed E-state index contributed by atoms with van der Waals surface area (Å²) in [7, 11) is 1.48.